The van der Waals surface area contributed by atoms with Crippen LogP contribution < -0.4 is 0 Å². The summed E-state index contributed by atoms with van der Waals surface area (Å²) in [5, 5.41) is 0. The van der Waals surface area contributed by atoms with Crippen molar-refractivity contribution in [2.24, 2.45) is 0 Å². The summed E-state index contributed by atoms with van der Waals surface area (Å²) < 4.78 is 0. The number of rotatable bonds is 2. The van der Waals surface area contributed by atoms with Crippen LogP contribution in [0.25, 0.3) is 0 Å². The van der Waals surface area contributed by atoms with Gasteiger partial charge in [0, 0.05) is 0 Å². The minimum Gasteiger partial charge on any atom is -0.0683 e. The van der Waals surface area contributed by atoms with Gasteiger partial charge >= 0.3 is 0 Å². The largest absolute Gasteiger partial charge is 0.0683 e. The molecule has 0 radical (unpaired) electrons. The van der Waals surface area contributed by atoms with Crippen LogP contribution in [0.5, 0.6) is 0 Å². The van der Waals surface area contributed by atoms with Crippen molar-refractivity contribution in [2.75, 3.05) is 0 Å². The van der Waals surface area contributed by atoms with E-state index in [1.807, 2.05) is 13.8 Å². The monoisotopic (exact) mass is 158 g/mol. The zero-order valence-corrected chi connectivity index (χ0v) is 8.95. The lowest BCUT2D eigenvalue weighted by molar-refractivity contribution is 0.504. The average molecular weight is 158 g/mol. The van der Waals surface area contributed by atoms with Gasteiger partial charge in [0.1, 0.15) is 0 Å². The van der Waals surface area contributed by atoms with Crippen LogP contribution in [-0.4, -0.2) is 0 Å². The van der Waals surface area contributed by atoms with E-state index in [1.165, 1.54) is 44.9 Å². The van der Waals surface area contributed by atoms with E-state index in [-0.39, 0.29) is 0 Å². The van der Waals surface area contributed by atoms with Gasteiger partial charge in [-0.25, -0.2) is 0 Å². The minimum atomic E-state index is 1.34. The summed E-state index contributed by atoms with van der Waals surface area (Å²) in [7, 11) is 0. The van der Waals surface area contributed by atoms with Crippen molar-refractivity contribution in [3.63, 3.8) is 0 Å². The molecule has 0 heterocycles. The molecule has 0 amide bonds. The van der Waals surface area contributed by atoms with E-state index in [2.05, 4.69) is 13.8 Å². The van der Waals surface area contributed by atoms with Crippen molar-refractivity contribution >= 4 is 0 Å². The summed E-state index contributed by atoms with van der Waals surface area (Å²) in [6.45, 7) is 8.42. The van der Waals surface area contributed by atoms with E-state index in [0.717, 1.165) is 0 Å². The molecular formula is C11H26. The summed E-state index contributed by atoms with van der Waals surface area (Å²) in [6, 6.07) is 0. The lowest BCUT2D eigenvalue weighted by Gasteiger charge is -2.05. The second kappa shape index (κ2) is 16.5. The van der Waals surface area contributed by atoms with Crippen molar-refractivity contribution in [1.82, 2.24) is 0 Å². The van der Waals surface area contributed by atoms with Crippen LogP contribution in [-0.2, 0) is 0 Å². The predicted molar refractivity (Wildman–Crippen MR) is 55.0 cm³/mol. The Hall–Kier alpha value is 0. The van der Waals surface area contributed by atoms with Gasteiger partial charge in [-0.1, -0.05) is 72.6 Å². The van der Waals surface area contributed by atoms with Crippen LogP contribution in [0.2, 0.25) is 0 Å². The summed E-state index contributed by atoms with van der Waals surface area (Å²) in [5.74, 6) is 0. The van der Waals surface area contributed by atoms with Gasteiger partial charge in [-0.15, -0.1) is 0 Å². The first-order chi connectivity index (χ1) is 5.41. The molecule has 0 nitrogen and oxygen atoms in total. The average Bonchev–Trinajstić information content (AvgIpc) is 1.90. The number of unbranched alkanes of at least 4 members (excludes halogenated alkanes) is 2. The van der Waals surface area contributed by atoms with Gasteiger partial charge in [-0.2, -0.15) is 0 Å². The predicted octanol–water partition coefficient (Wildman–Crippen LogP) is 4.78. The molecule has 0 aromatic heterocycles. The third kappa shape index (κ3) is 17.8. The van der Waals surface area contributed by atoms with Crippen molar-refractivity contribution in [1.29, 1.82) is 0 Å². The molecule has 1 aliphatic rings. The van der Waals surface area contributed by atoms with Gasteiger partial charge in [-0.05, 0) is 0 Å². The molecule has 1 fully saturated rings. The van der Waals surface area contributed by atoms with E-state index in [4.69, 9.17) is 0 Å². The molecule has 0 atom stereocenters. The molecule has 1 rings (SSSR count). The molecule has 0 N–H and O–H groups in total. The molecule has 0 heteroatoms. The highest BCUT2D eigenvalue weighted by atomic mass is 14.0. The van der Waals surface area contributed by atoms with Gasteiger partial charge < -0.3 is 0 Å². The van der Waals surface area contributed by atoms with E-state index in [0.29, 0.717) is 0 Å². The third-order valence-electron chi connectivity index (χ3n) is 1.71. The van der Waals surface area contributed by atoms with Crippen molar-refractivity contribution in [2.45, 2.75) is 72.6 Å². The highest BCUT2D eigenvalue weighted by Gasteiger charge is 1.95. The highest BCUT2D eigenvalue weighted by molar-refractivity contribution is 4.50. The molecule has 0 aliphatic heterocycles. The fraction of sp³-hybridized carbons (Fsp3) is 1.00. The molecule has 0 aromatic rings. The Labute approximate surface area is 73.4 Å². The summed E-state index contributed by atoms with van der Waals surface area (Å²) in [6.07, 6.45) is 10.1. The van der Waals surface area contributed by atoms with Crippen LogP contribution in [0.3, 0.4) is 0 Å². The Morgan fingerprint density at radius 2 is 1.00 bits per heavy atom. The van der Waals surface area contributed by atoms with Gasteiger partial charge in [0.05, 0.1) is 0 Å². The second-order valence-corrected chi connectivity index (χ2v) is 2.77. The van der Waals surface area contributed by atoms with Crippen LogP contribution in [0.1, 0.15) is 72.6 Å². The summed E-state index contributed by atoms with van der Waals surface area (Å²) >= 11 is 0. The van der Waals surface area contributed by atoms with E-state index in [1.54, 1.807) is 0 Å². The van der Waals surface area contributed by atoms with Crippen LogP contribution in [0.4, 0.5) is 0 Å². The normalized spacial score (nSPS) is 13.1. The first-order valence-electron chi connectivity index (χ1n) is 5.41. The Kier molecular flexibility index (Phi) is 20.4. The lowest BCUT2D eigenvalue weighted by Crippen LogP contribution is -1.85. The van der Waals surface area contributed by atoms with Crippen molar-refractivity contribution in [3.05, 3.63) is 0 Å². The highest BCUT2D eigenvalue weighted by Crippen LogP contribution is 2.15. The van der Waals surface area contributed by atoms with Gasteiger partial charge in [0.15, 0.2) is 0 Å². The van der Waals surface area contributed by atoms with Gasteiger partial charge in [0.25, 0.3) is 0 Å². The standard InChI is InChI=1S/C5H12.C4H8.C2H6/c1-3-5-4-2;1-2-4-3-1;1-2/h3-5H2,1-2H3;1-4H2;1-2H3. The Balaban J connectivity index is 0. The molecule has 11 heavy (non-hydrogen) atoms. The lowest BCUT2D eigenvalue weighted by atomic mass is 10.0. The molecule has 0 unspecified atom stereocenters. The third-order valence-corrected chi connectivity index (χ3v) is 1.71. The first-order valence-corrected chi connectivity index (χ1v) is 5.41. The molecule has 1 aliphatic carbocycles. The van der Waals surface area contributed by atoms with Crippen LogP contribution in [0, 0.1) is 0 Å². The quantitative estimate of drug-likeness (QED) is 0.542. The minimum absolute atomic E-state index is 1.34. The molecule has 0 bridgehead atoms. The molecule has 70 valence electrons. The first kappa shape index (κ1) is 13.6. The van der Waals surface area contributed by atoms with Crippen molar-refractivity contribution < 1.29 is 0 Å². The fourth-order valence-corrected chi connectivity index (χ4v) is 0.604. The molecule has 0 saturated heterocycles. The molecule has 1 saturated carbocycles. The Morgan fingerprint density at radius 1 is 0.727 bits per heavy atom. The maximum absolute atomic E-state index is 2.21. The Morgan fingerprint density at radius 3 is 1.00 bits per heavy atom. The zero-order valence-electron chi connectivity index (χ0n) is 8.95. The maximum Gasteiger partial charge on any atom is -0.0533 e. The molecule has 0 spiro atoms. The van der Waals surface area contributed by atoms with E-state index >= 15 is 0 Å². The number of hydrogen-bond donors (Lipinski definition) is 0. The fourth-order valence-electron chi connectivity index (χ4n) is 0.604. The van der Waals surface area contributed by atoms with Crippen LogP contribution >= 0.6 is 0 Å². The number of hydrogen-bond acceptors (Lipinski definition) is 0. The second-order valence-electron chi connectivity index (χ2n) is 2.77. The van der Waals surface area contributed by atoms with Gasteiger partial charge in [-0.3, -0.25) is 0 Å². The summed E-state index contributed by atoms with van der Waals surface area (Å²) in [5.41, 5.74) is 0. The smallest absolute Gasteiger partial charge is 0.0533 e. The summed E-state index contributed by atoms with van der Waals surface area (Å²) in [4.78, 5) is 0. The topological polar surface area (TPSA) is 0 Å². The van der Waals surface area contributed by atoms with E-state index < -0.39 is 0 Å². The maximum atomic E-state index is 2.21. The zero-order chi connectivity index (χ0) is 8.95. The van der Waals surface area contributed by atoms with Crippen molar-refractivity contribution in [3.8, 4) is 0 Å². The van der Waals surface area contributed by atoms with Gasteiger partial charge in [0.2, 0.25) is 0 Å². The van der Waals surface area contributed by atoms with Crippen LogP contribution in [0.15, 0.2) is 0 Å². The van der Waals surface area contributed by atoms with E-state index in [9.17, 15) is 0 Å². The Bertz CT molecular complexity index is 29.3. The SMILES string of the molecule is C1CCC1.CC.CCCCC. The molecule has 0 aromatic carbocycles. The molecular weight excluding hydrogens is 132 g/mol.